The van der Waals surface area contributed by atoms with Gasteiger partial charge in [0.2, 0.25) is 0 Å². The molecule has 106 valence electrons. The van der Waals surface area contributed by atoms with E-state index in [9.17, 15) is 9.59 Å². The van der Waals surface area contributed by atoms with E-state index < -0.39 is 12.6 Å². The Hall–Kier alpha value is -2.56. The van der Waals surface area contributed by atoms with E-state index in [1.165, 1.54) is 12.5 Å². The van der Waals surface area contributed by atoms with Crippen molar-refractivity contribution in [2.75, 3.05) is 13.2 Å². The highest BCUT2D eigenvalue weighted by molar-refractivity contribution is 5.97. The number of carboxylic acid groups (broad SMARTS) is 1. The summed E-state index contributed by atoms with van der Waals surface area (Å²) in [6, 6.07) is 8.86. The zero-order chi connectivity index (χ0) is 14.8. The molecule has 0 aliphatic carbocycles. The number of carbonyl (C=O) groups excluding carboxylic acids is 1. The zero-order valence-electron chi connectivity index (χ0n) is 11.1. The Morgan fingerprint density at radius 3 is 2.50 bits per heavy atom. The quantitative estimate of drug-likeness (QED) is 0.448. The van der Waals surface area contributed by atoms with Crippen LogP contribution in [-0.2, 0) is 14.3 Å². The van der Waals surface area contributed by atoms with Crippen molar-refractivity contribution in [1.29, 1.82) is 0 Å². The topological polar surface area (TPSA) is 72.8 Å². The number of rotatable bonds is 8. The first-order valence-corrected chi connectivity index (χ1v) is 5.96. The molecular formula is C15H16O5. The molecule has 0 aliphatic heterocycles. The van der Waals surface area contributed by atoms with Crippen molar-refractivity contribution in [3.8, 4) is 0 Å². The first kappa shape index (κ1) is 15.5. The van der Waals surface area contributed by atoms with Crippen molar-refractivity contribution in [3.05, 3.63) is 60.1 Å². The second-order valence-corrected chi connectivity index (χ2v) is 3.97. The maximum Gasteiger partial charge on any atom is 0.341 e. The molecule has 0 radical (unpaired) electrons. The Bertz CT molecular complexity index is 502. The Morgan fingerprint density at radius 2 is 1.85 bits per heavy atom. The molecule has 1 aromatic carbocycles. The molecule has 0 aliphatic rings. The third-order valence-corrected chi connectivity index (χ3v) is 2.21. The van der Waals surface area contributed by atoms with E-state index in [0.29, 0.717) is 11.1 Å². The van der Waals surface area contributed by atoms with E-state index in [1.807, 2.05) is 6.07 Å². The lowest BCUT2D eigenvalue weighted by Crippen LogP contribution is -2.06. The summed E-state index contributed by atoms with van der Waals surface area (Å²) in [4.78, 5) is 21.9. The number of hydrogen-bond acceptors (Lipinski definition) is 4. The second-order valence-electron chi connectivity index (χ2n) is 3.97. The van der Waals surface area contributed by atoms with Crippen LogP contribution in [0.25, 0.3) is 0 Å². The fraction of sp³-hybridized carbons (Fsp3) is 0.200. The van der Waals surface area contributed by atoms with E-state index in [1.54, 1.807) is 37.3 Å². The largest absolute Gasteiger partial charge is 0.493 e. The number of allylic oxidation sites excluding steroid dienone is 2. The van der Waals surface area contributed by atoms with Crippen LogP contribution in [0.2, 0.25) is 0 Å². The van der Waals surface area contributed by atoms with Crippen LogP contribution in [-0.4, -0.2) is 30.1 Å². The van der Waals surface area contributed by atoms with Crippen LogP contribution in [0, 0.1) is 0 Å². The van der Waals surface area contributed by atoms with Crippen LogP contribution in [0.5, 0.6) is 0 Å². The van der Waals surface area contributed by atoms with E-state index >= 15 is 0 Å². The van der Waals surface area contributed by atoms with Gasteiger partial charge in [-0.1, -0.05) is 30.3 Å². The Labute approximate surface area is 117 Å². The molecule has 0 fully saturated rings. The molecule has 0 bridgehead atoms. The number of aliphatic carboxylic acids is 1. The van der Waals surface area contributed by atoms with Crippen LogP contribution in [0.1, 0.15) is 17.3 Å². The number of benzene rings is 1. The molecule has 5 nitrogen and oxygen atoms in total. The monoisotopic (exact) mass is 276 g/mol. The average molecular weight is 276 g/mol. The van der Waals surface area contributed by atoms with Crippen LogP contribution in [0.15, 0.2) is 54.5 Å². The number of hydrogen-bond donors (Lipinski definition) is 1. The molecule has 0 unspecified atom stereocenters. The van der Waals surface area contributed by atoms with Crippen molar-refractivity contribution in [2.45, 2.75) is 6.92 Å². The normalized spacial score (nSPS) is 11.3. The SMILES string of the molecule is CC(/C=C/OCC(=O)c1ccccc1)=C\OCC(=O)O. The number of ketones is 1. The predicted molar refractivity (Wildman–Crippen MR) is 73.2 cm³/mol. The van der Waals surface area contributed by atoms with Crippen LogP contribution in [0.3, 0.4) is 0 Å². The maximum atomic E-state index is 11.7. The van der Waals surface area contributed by atoms with E-state index in [4.69, 9.17) is 14.6 Å². The highest BCUT2D eigenvalue weighted by Crippen LogP contribution is 2.01. The molecule has 0 aromatic heterocycles. The highest BCUT2D eigenvalue weighted by atomic mass is 16.5. The Balaban J connectivity index is 2.31. The first-order chi connectivity index (χ1) is 9.59. The fourth-order valence-electron chi connectivity index (χ4n) is 1.27. The van der Waals surface area contributed by atoms with Gasteiger partial charge < -0.3 is 14.6 Å². The molecule has 1 rings (SSSR count). The number of Topliss-reactive ketones (excluding diaryl/α,β-unsaturated/α-hetero) is 1. The zero-order valence-corrected chi connectivity index (χ0v) is 11.1. The van der Waals surface area contributed by atoms with Gasteiger partial charge in [0.1, 0.15) is 0 Å². The van der Waals surface area contributed by atoms with Gasteiger partial charge in [0, 0.05) is 5.56 Å². The fourth-order valence-corrected chi connectivity index (χ4v) is 1.27. The average Bonchev–Trinajstić information content (AvgIpc) is 2.44. The summed E-state index contributed by atoms with van der Waals surface area (Å²) in [7, 11) is 0. The third-order valence-electron chi connectivity index (χ3n) is 2.21. The molecule has 20 heavy (non-hydrogen) atoms. The molecule has 0 amide bonds. The molecule has 0 atom stereocenters. The first-order valence-electron chi connectivity index (χ1n) is 5.96. The number of ether oxygens (including phenoxy) is 2. The highest BCUT2D eigenvalue weighted by Gasteiger charge is 2.03. The lowest BCUT2D eigenvalue weighted by atomic mass is 10.1. The Morgan fingerprint density at radius 1 is 1.15 bits per heavy atom. The minimum atomic E-state index is -1.04. The summed E-state index contributed by atoms with van der Waals surface area (Å²) < 4.78 is 9.87. The number of carboxylic acids is 1. The standard InChI is InChI=1S/C15H16O5/c1-12(9-20-11-15(17)18)7-8-19-10-14(16)13-5-3-2-4-6-13/h2-9H,10-11H2,1H3,(H,17,18)/b8-7+,12-9+. The van der Waals surface area contributed by atoms with Gasteiger partial charge in [-0.15, -0.1) is 0 Å². The van der Waals surface area contributed by atoms with Gasteiger partial charge in [-0.05, 0) is 18.6 Å². The van der Waals surface area contributed by atoms with Gasteiger partial charge in [0.25, 0.3) is 0 Å². The summed E-state index contributed by atoms with van der Waals surface area (Å²) in [5, 5.41) is 8.38. The summed E-state index contributed by atoms with van der Waals surface area (Å²) in [6.45, 7) is 1.28. The van der Waals surface area contributed by atoms with Crippen molar-refractivity contribution in [1.82, 2.24) is 0 Å². The number of carbonyl (C=O) groups is 2. The molecular weight excluding hydrogens is 260 g/mol. The van der Waals surface area contributed by atoms with Crippen LogP contribution < -0.4 is 0 Å². The minimum absolute atomic E-state index is 0.0518. The second kappa shape index (κ2) is 8.53. The molecule has 0 spiro atoms. The molecule has 0 saturated heterocycles. The summed E-state index contributed by atoms with van der Waals surface area (Å²) >= 11 is 0. The third kappa shape index (κ3) is 6.39. The molecule has 1 aromatic rings. The van der Waals surface area contributed by atoms with Gasteiger partial charge in [0.15, 0.2) is 19.0 Å². The van der Waals surface area contributed by atoms with Crippen molar-refractivity contribution in [2.24, 2.45) is 0 Å². The van der Waals surface area contributed by atoms with Crippen LogP contribution in [0.4, 0.5) is 0 Å². The maximum absolute atomic E-state index is 11.7. The van der Waals surface area contributed by atoms with E-state index in [-0.39, 0.29) is 12.4 Å². The minimum Gasteiger partial charge on any atom is -0.493 e. The lowest BCUT2D eigenvalue weighted by Gasteiger charge is -2.01. The van der Waals surface area contributed by atoms with Crippen molar-refractivity contribution >= 4 is 11.8 Å². The van der Waals surface area contributed by atoms with Gasteiger partial charge in [-0.3, -0.25) is 4.79 Å². The molecule has 5 heteroatoms. The Kier molecular flexibility index (Phi) is 6.61. The summed E-state index contributed by atoms with van der Waals surface area (Å²) in [5.74, 6) is -1.15. The van der Waals surface area contributed by atoms with E-state index in [2.05, 4.69) is 0 Å². The summed E-state index contributed by atoms with van der Waals surface area (Å²) in [5.41, 5.74) is 1.27. The van der Waals surface area contributed by atoms with Gasteiger partial charge in [0.05, 0.1) is 12.5 Å². The molecule has 1 N–H and O–H groups in total. The predicted octanol–water partition coefficient (Wildman–Crippen LogP) is 2.40. The molecule has 0 saturated carbocycles. The lowest BCUT2D eigenvalue weighted by molar-refractivity contribution is -0.140. The van der Waals surface area contributed by atoms with Gasteiger partial charge in [-0.2, -0.15) is 0 Å². The summed E-state index contributed by atoms with van der Waals surface area (Å²) in [6.07, 6.45) is 4.27. The van der Waals surface area contributed by atoms with E-state index in [0.717, 1.165) is 0 Å². The smallest absolute Gasteiger partial charge is 0.341 e. The van der Waals surface area contributed by atoms with Crippen molar-refractivity contribution in [3.63, 3.8) is 0 Å². The van der Waals surface area contributed by atoms with Crippen molar-refractivity contribution < 1.29 is 24.2 Å². The molecule has 0 heterocycles. The van der Waals surface area contributed by atoms with Gasteiger partial charge in [-0.25, -0.2) is 4.79 Å². The van der Waals surface area contributed by atoms with Gasteiger partial charge >= 0.3 is 5.97 Å². The van der Waals surface area contributed by atoms with Crippen LogP contribution >= 0.6 is 0 Å².